The lowest BCUT2D eigenvalue weighted by Gasteiger charge is -2.09. The van der Waals surface area contributed by atoms with Crippen molar-refractivity contribution in [1.29, 1.82) is 0 Å². The second-order valence-electron chi connectivity index (χ2n) is 4.24. The van der Waals surface area contributed by atoms with Crippen molar-refractivity contribution in [3.63, 3.8) is 0 Å². The number of rotatable bonds is 6. The van der Waals surface area contributed by atoms with E-state index in [1.54, 1.807) is 0 Å². The van der Waals surface area contributed by atoms with Gasteiger partial charge in [-0.25, -0.2) is 0 Å². The van der Waals surface area contributed by atoms with Crippen molar-refractivity contribution < 1.29 is 4.79 Å². The van der Waals surface area contributed by atoms with Crippen LogP contribution < -0.4 is 0 Å². The Morgan fingerprint density at radius 2 is 1.93 bits per heavy atom. The molecule has 0 aliphatic heterocycles. The number of carbonyl (C=O) groups is 1. The summed E-state index contributed by atoms with van der Waals surface area (Å²) in [6, 6.07) is 9.58. The molecule has 0 saturated heterocycles. The van der Waals surface area contributed by atoms with Crippen molar-refractivity contribution in [2.75, 3.05) is 0 Å². The van der Waals surface area contributed by atoms with Gasteiger partial charge in [-0.1, -0.05) is 63.4 Å². The molecule has 0 fully saturated rings. The molecule has 0 radical (unpaired) electrons. The minimum absolute atomic E-state index is 0.277. The number of unbranched alkanes of at least 4 members (excludes halogenated alkanes) is 1. The summed E-state index contributed by atoms with van der Waals surface area (Å²) in [5.41, 5.74) is 0.848. The van der Waals surface area contributed by atoms with Gasteiger partial charge in [-0.2, -0.15) is 0 Å². The van der Waals surface area contributed by atoms with E-state index in [-0.39, 0.29) is 5.78 Å². The molecule has 0 spiro atoms. The Morgan fingerprint density at radius 3 is 2.53 bits per heavy atom. The standard InChI is InChI=1S/C14H20O/c1-3-4-8-12(2)11-14(15)13-9-6-5-7-10-13/h5-7,9-10,12H,3-4,8,11H2,1-2H3. The van der Waals surface area contributed by atoms with Gasteiger partial charge in [0.05, 0.1) is 0 Å². The Labute approximate surface area is 92.5 Å². The number of ketones is 1. The average molecular weight is 204 g/mol. The molecule has 0 heterocycles. The largest absolute Gasteiger partial charge is 0.294 e. The molecule has 1 aromatic rings. The second kappa shape index (κ2) is 6.39. The van der Waals surface area contributed by atoms with Crippen LogP contribution in [0.25, 0.3) is 0 Å². The summed E-state index contributed by atoms with van der Waals surface area (Å²) in [5.74, 6) is 0.789. The number of carbonyl (C=O) groups excluding carboxylic acids is 1. The fraction of sp³-hybridized carbons (Fsp3) is 0.500. The maximum Gasteiger partial charge on any atom is 0.163 e. The molecule has 0 aromatic heterocycles. The molecule has 1 aromatic carbocycles. The van der Waals surface area contributed by atoms with Crippen LogP contribution in [0.4, 0.5) is 0 Å². The third-order valence-electron chi connectivity index (χ3n) is 2.68. The van der Waals surface area contributed by atoms with Gasteiger partial charge in [0.1, 0.15) is 0 Å². The molecule has 0 amide bonds. The van der Waals surface area contributed by atoms with Crippen LogP contribution in [0.2, 0.25) is 0 Å². The van der Waals surface area contributed by atoms with Crippen LogP contribution in [-0.4, -0.2) is 5.78 Å². The summed E-state index contributed by atoms with van der Waals surface area (Å²) in [6.07, 6.45) is 4.28. The quantitative estimate of drug-likeness (QED) is 0.638. The van der Waals surface area contributed by atoms with Gasteiger partial charge in [0.25, 0.3) is 0 Å². The molecule has 1 heteroatoms. The van der Waals surface area contributed by atoms with E-state index in [0.717, 1.165) is 12.0 Å². The Morgan fingerprint density at radius 1 is 1.27 bits per heavy atom. The molecule has 1 nitrogen and oxygen atoms in total. The number of benzene rings is 1. The normalized spacial score (nSPS) is 12.4. The highest BCUT2D eigenvalue weighted by Crippen LogP contribution is 2.15. The highest BCUT2D eigenvalue weighted by atomic mass is 16.1. The fourth-order valence-corrected chi connectivity index (χ4v) is 1.71. The lowest BCUT2D eigenvalue weighted by Crippen LogP contribution is -2.05. The minimum atomic E-state index is 0.277. The maximum absolute atomic E-state index is 11.8. The van der Waals surface area contributed by atoms with E-state index in [0.29, 0.717) is 12.3 Å². The first-order chi connectivity index (χ1) is 7.24. The Bertz CT molecular complexity index is 289. The van der Waals surface area contributed by atoms with Gasteiger partial charge in [0.15, 0.2) is 5.78 Å². The summed E-state index contributed by atoms with van der Waals surface area (Å²) >= 11 is 0. The maximum atomic E-state index is 11.8. The molecule has 0 bridgehead atoms. The molecule has 15 heavy (non-hydrogen) atoms. The Hall–Kier alpha value is -1.11. The summed E-state index contributed by atoms with van der Waals surface area (Å²) in [7, 11) is 0. The lowest BCUT2D eigenvalue weighted by atomic mass is 9.95. The summed E-state index contributed by atoms with van der Waals surface area (Å²) in [6.45, 7) is 4.35. The zero-order valence-electron chi connectivity index (χ0n) is 9.70. The summed E-state index contributed by atoms with van der Waals surface area (Å²) in [5, 5.41) is 0. The highest BCUT2D eigenvalue weighted by Gasteiger charge is 2.10. The number of hydrogen-bond acceptors (Lipinski definition) is 1. The van der Waals surface area contributed by atoms with Crippen LogP contribution in [0, 0.1) is 5.92 Å². The average Bonchev–Trinajstić information content (AvgIpc) is 2.27. The first-order valence-corrected chi connectivity index (χ1v) is 5.82. The molecule has 0 aliphatic rings. The predicted molar refractivity (Wildman–Crippen MR) is 64.1 cm³/mol. The monoisotopic (exact) mass is 204 g/mol. The zero-order chi connectivity index (χ0) is 11.1. The molecular formula is C14H20O. The SMILES string of the molecule is CCCCC(C)CC(=O)c1ccccc1. The smallest absolute Gasteiger partial charge is 0.163 e. The van der Waals surface area contributed by atoms with Crippen molar-refractivity contribution in [2.45, 2.75) is 39.5 Å². The molecule has 0 saturated carbocycles. The molecular weight excluding hydrogens is 184 g/mol. The van der Waals surface area contributed by atoms with Gasteiger partial charge in [-0.3, -0.25) is 4.79 Å². The topological polar surface area (TPSA) is 17.1 Å². The molecule has 1 atom stereocenters. The van der Waals surface area contributed by atoms with Crippen molar-refractivity contribution >= 4 is 5.78 Å². The van der Waals surface area contributed by atoms with E-state index < -0.39 is 0 Å². The minimum Gasteiger partial charge on any atom is -0.294 e. The van der Waals surface area contributed by atoms with Crippen molar-refractivity contribution in [3.8, 4) is 0 Å². The number of hydrogen-bond donors (Lipinski definition) is 0. The fourth-order valence-electron chi connectivity index (χ4n) is 1.71. The molecule has 82 valence electrons. The van der Waals surface area contributed by atoms with E-state index in [9.17, 15) is 4.79 Å². The van der Waals surface area contributed by atoms with Crippen molar-refractivity contribution in [3.05, 3.63) is 35.9 Å². The summed E-state index contributed by atoms with van der Waals surface area (Å²) in [4.78, 5) is 11.8. The number of Topliss-reactive ketones (excluding diaryl/α,β-unsaturated/α-hetero) is 1. The van der Waals surface area contributed by atoms with Crippen LogP contribution in [0.1, 0.15) is 49.9 Å². The Balaban J connectivity index is 2.42. The van der Waals surface area contributed by atoms with E-state index in [1.165, 1.54) is 12.8 Å². The van der Waals surface area contributed by atoms with E-state index >= 15 is 0 Å². The van der Waals surface area contributed by atoms with Gasteiger partial charge in [-0.05, 0) is 5.92 Å². The summed E-state index contributed by atoms with van der Waals surface area (Å²) < 4.78 is 0. The molecule has 0 N–H and O–H groups in total. The third kappa shape index (κ3) is 4.28. The van der Waals surface area contributed by atoms with Crippen LogP contribution in [0.3, 0.4) is 0 Å². The van der Waals surface area contributed by atoms with E-state index in [1.807, 2.05) is 30.3 Å². The van der Waals surface area contributed by atoms with Crippen LogP contribution in [-0.2, 0) is 0 Å². The second-order valence-corrected chi connectivity index (χ2v) is 4.24. The Kier molecular flexibility index (Phi) is 5.09. The van der Waals surface area contributed by atoms with Gasteiger partial charge in [0.2, 0.25) is 0 Å². The van der Waals surface area contributed by atoms with E-state index in [4.69, 9.17) is 0 Å². The third-order valence-corrected chi connectivity index (χ3v) is 2.68. The van der Waals surface area contributed by atoms with Crippen LogP contribution >= 0.6 is 0 Å². The first kappa shape index (κ1) is 12.0. The van der Waals surface area contributed by atoms with Crippen LogP contribution in [0.5, 0.6) is 0 Å². The van der Waals surface area contributed by atoms with Crippen molar-refractivity contribution in [1.82, 2.24) is 0 Å². The molecule has 1 unspecified atom stereocenters. The van der Waals surface area contributed by atoms with Gasteiger partial charge >= 0.3 is 0 Å². The van der Waals surface area contributed by atoms with Gasteiger partial charge < -0.3 is 0 Å². The predicted octanol–water partition coefficient (Wildman–Crippen LogP) is 4.09. The van der Waals surface area contributed by atoms with Gasteiger partial charge in [-0.15, -0.1) is 0 Å². The van der Waals surface area contributed by atoms with Crippen LogP contribution in [0.15, 0.2) is 30.3 Å². The highest BCUT2D eigenvalue weighted by molar-refractivity contribution is 5.96. The first-order valence-electron chi connectivity index (χ1n) is 5.82. The molecule has 1 rings (SSSR count). The zero-order valence-corrected chi connectivity index (χ0v) is 9.70. The van der Waals surface area contributed by atoms with Gasteiger partial charge in [0, 0.05) is 12.0 Å². The van der Waals surface area contributed by atoms with Crippen molar-refractivity contribution in [2.24, 2.45) is 5.92 Å². The lowest BCUT2D eigenvalue weighted by molar-refractivity contribution is 0.0962. The van der Waals surface area contributed by atoms with E-state index in [2.05, 4.69) is 13.8 Å². The molecule has 0 aliphatic carbocycles.